The topological polar surface area (TPSA) is 83.1 Å². The Kier molecular flexibility index (Phi) is 6.94. The molecule has 7 nitrogen and oxygen atoms in total. The summed E-state index contributed by atoms with van der Waals surface area (Å²) < 4.78 is 43.6. The molecule has 1 unspecified atom stereocenters. The zero-order chi connectivity index (χ0) is 17.6. The van der Waals surface area contributed by atoms with E-state index in [0.717, 1.165) is 24.5 Å². The maximum absolute atomic E-state index is 12.0. The van der Waals surface area contributed by atoms with E-state index < -0.39 is 10.4 Å². The lowest BCUT2D eigenvalue weighted by atomic mass is 10.0. The van der Waals surface area contributed by atoms with Crippen molar-refractivity contribution in [2.75, 3.05) is 45.3 Å². The number of hydrogen-bond acceptors (Lipinski definition) is 6. The number of morpholine rings is 1. The van der Waals surface area contributed by atoms with Gasteiger partial charge in [0, 0.05) is 13.1 Å². The van der Waals surface area contributed by atoms with Gasteiger partial charge < -0.3 is 23.7 Å². The van der Waals surface area contributed by atoms with Gasteiger partial charge in [-0.05, 0) is 20.8 Å². The van der Waals surface area contributed by atoms with E-state index in [9.17, 15) is 8.76 Å². The molecule has 1 aliphatic carbocycles. The van der Waals surface area contributed by atoms with Gasteiger partial charge in [-0.15, -0.1) is 0 Å². The minimum absolute atomic E-state index is 0.0277. The third-order valence-electron chi connectivity index (χ3n) is 4.01. The minimum Gasteiger partial charge on any atom is -0.593 e. The summed E-state index contributed by atoms with van der Waals surface area (Å²) in [6.45, 7) is 9.47. The maximum Gasteiger partial charge on any atom is 0.145 e. The van der Waals surface area contributed by atoms with Gasteiger partial charge in [0.05, 0.1) is 45.0 Å². The fourth-order valence-electron chi connectivity index (χ4n) is 2.81. The molecule has 0 amide bonds. The molecule has 0 radical (unpaired) electrons. The van der Waals surface area contributed by atoms with E-state index in [1.165, 1.54) is 0 Å². The Labute approximate surface area is 145 Å². The zero-order valence-electron chi connectivity index (χ0n) is 14.8. The molecule has 1 N–H and O–H groups in total. The van der Waals surface area contributed by atoms with Crippen molar-refractivity contribution in [1.82, 2.24) is 9.62 Å². The van der Waals surface area contributed by atoms with Gasteiger partial charge in [-0.2, -0.15) is 0 Å². The van der Waals surface area contributed by atoms with E-state index in [4.69, 9.17) is 14.2 Å². The van der Waals surface area contributed by atoms with Crippen LogP contribution in [0.4, 0.5) is 0 Å². The molecule has 0 aromatic rings. The van der Waals surface area contributed by atoms with Crippen LogP contribution in [0.25, 0.3) is 0 Å². The monoisotopic (exact) mass is 360 g/mol. The van der Waals surface area contributed by atoms with Crippen LogP contribution >= 0.6 is 0 Å². The van der Waals surface area contributed by atoms with Gasteiger partial charge in [-0.3, -0.25) is 0 Å². The van der Waals surface area contributed by atoms with E-state index in [-0.39, 0.29) is 5.75 Å². The second-order valence-electron chi connectivity index (χ2n) is 5.60. The molecule has 138 valence electrons. The van der Waals surface area contributed by atoms with Crippen LogP contribution in [0.3, 0.4) is 0 Å². The van der Waals surface area contributed by atoms with Crippen LogP contribution in [0.2, 0.25) is 0 Å². The maximum atomic E-state index is 12.0. The first-order chi connectivity index (χ1) is 11.5. The molecular weight excluding hydrogens is 332 g/mol. The lowest BCUT2D eigenvalue weighted by Crippen LogP contribution is -2.39. The van der Waals surface area contributed by atoms with Crippen molar-refractivity contribution < 1.29 is 23.0 Å². The highest BCUT2D eigenvalue weighted by atomic mass is 32.3. The second kappa shape index (κ2) is 8.73. The van der Waals surface area contributed by atoms with Crippen LogP contribution in [-0.4, -0.2) is 54.7 Å². The van der Waals surface area contributed by atoms with Gasteiger partial charge in [0.1, 0.15) is 33.4 Å². The normalized spacial score (nSPS) is 21.6. The summed E-state index contributed by atoms with van der Waals surface area (Å²) in [6.07, 6.45) is 0.930. The smallest absolute Gasteiger partial charge is 0.145 e. The molecule has 8 heteroatoms. The third kappa shape index (κ3) is 4.87. The van der Waals surface area contributed by atoms with E-state index in [2.05, 4.69) is 9.62 Å². The van der Waals surface area contributed by atoms with Crippen molar-refractivity contribution in [2.24, 2.45) is 0 Å². The highest BCUT2D eigenvalue weighted by molar-refractivity contribution is 7.95. The summed E-state index contributed by atoms with van der Waals surface area (Å²) in [5.74, 6) is 1.52. The van der Waals surface area contributed by atoms with Gasteiger partial charge in [0.15, 0.2) is 0 Å². The molecule has 1 aliphatic heterocycles. The van der Waals surface area contributed by atoms with Gasteiger partial charge in [-0.1, -0.05) is 4.21 Å². The van der Waals surface area contributed by atoms with Crippen molar-refractivity contribution in [1.29, 1.82) is 0 Å². The van der Waals surface area contributed by atoms with Crippen LogP contribution in [-0.2, 0) is 28.8 Å². The van der Waals surface area contributed by atoms with E-state index >= 15 is 0 Å². The molecule has 1 heterocycles. The lowest BCUT2D eigenvalue weighted by molar-refractivity contribution is 0.0460. The average molecular weight is 360 g/mol. The predicted molar refractivity (Wildman–Crippen MR) is 91.4 cm³/mol. The van der Waals surface area contributed by atoms with Crippen LogP contribution in [0, 0.1) is 0 Å². The molecule has 2 aliphatic rings. The summed E-state index contributed by atoms with van der Waals surface area (Å²) >= 11 is 0. The summed E-state index contributed by atoms with van der Waals surface area (Å²) in [5.41, 5.74) is 1.65. The average Bonchev–Trinajstić information content (AvgIpc) is 2.58. The van der Waals surface area contributed by atoms with E-state index in [0.29, 0.717) is 50.7 Å². The summed E-state index contributed by atoms with van der Waals surface area (Å²) in [7, 11) is -3.35. The summed E-state index contributed by atoms with van der Waals surface area (Å²) in [5, 5.41) is 0. The Hall–Kier alpha value is -1.25. The van der Waals surface area contributed by atoms with Crippen molar-refractivity contribution >= 4 is 10.4 Å². The Morgan fingerprint density at radius 1 is 1.12 bits per heavy atom. The number of rotatable bonds is 8. The molecule has 0 bridgehead atoms. The molecule has 1 saturated heterocycles. The molecular formula is C16H28N2O5S. The zero-order valence-corrected chi connectivity index (χ0v) is 15.6. The number of sulfonamides is 1. The lowest BCUT2D eigenvalue weighted by Gasteiger charge is -2.35. The van der Waals surface area contributed by atoms with Gasteiger partial charge in [0.2, 0.25) is 0 Å². The highest BCUT2D eigenvalue weighted by Crippen LogP contribution is 2.33. The molecule has 0 aromatic carbocycles. The van der Waals surface area contributed by atoms with Crippen molar-refractivity contribution in [3.8, 4) is 0 Å². The number of nitrogens with one attached hydrogen (secondary N) is 1. The Morgan fingerprint density at radius 2 is 1.75 bits per heavy atom. The number of ether oxygens (including phenoxy) is 3. The molecule has 24 heavy (non-hydrogen) atoms. The fourth-order valence-corrected chi connectivity index (χ4v) is 3.52. The van der Waals surface area contributed by atoms with Gasteiger partial charge >= 0.3 is 0 Å². The molecule has 1 atom stereocenters. The predicted octanol–water partition coefficient (Wildman–Crippen LogP) is 1.76. The first-order valence-electron chi connectivity index (χ1n) is 8.53. The molecule has 1 fully saturated rings. The van der Waals surface area contributed by atoms with Gasteiger partial charge in [0.25, 0.3) is 0 Å². The Morgan fingerprint density at radius 3 is 2.33 bits per heavy atom. The first kappa shape index (κ1) is 19.1. The summed E-state index contributed by atoms with van der Waals surface area (Å²) in [6, 6.07) is 0. The standard InChI is InChI=1S/C16H28N2O5S/c1-4-22-15-12-14(18-7-9-21-10-8-18)16(23-5-2)11-13(15)17-24(19,20)6-3/h4-12H2,1-3H3,(H-,17,19,20). The highest BCUT2D eigenvalue weighted by Gasteiger charge is 2.30. The quantitative estimate of drug-likeness (QED) is 0.664. The second-order valence-corrected chi connectivity index (χ2v) is 7.61. The van der Waals surface area contributed by atoms with Crippen LogP contribution < -0.4 is 4.72 Å². The van der Waals surface area contributed by atoms with Crippen molar-refractivity contribution in [3.63, 3.8) is 0 Å². The van der Waals surface area contributed by atoms with Crippen molar-refractivity contribution in [2.45, 2.75) is 33.6 Å². The van der Waals surface area contributed by atoms with Crippen LogP contribution in [0.5, 0.6) is 0 Å². The van der Waals surface area contributed by atoms with E-state index in [1.807, 2.05) is 13.8 Å². The first-order valence-corrected chi connectivity index (χ1v) is 10.2. The van der Waals surface area contributed by atoms with Crippen LogP contribution in [0.1, 0.15) is 33.6 Å². The molecule has 0 saturated carbocycles. The molecule has 2 rings (SSSR count). The Bertz CT molecular complexity index is 541. The third-order valence-corrected chi connectivity index (χ3v) is 5.33. The van der Waals surface area contributed by atoms with E-state index in [1.54, 1.807) is 6.92 Å². The van der Waals surface area contributed by atoms with Gasteiger partial charge in [-0.25, -0.2) is 4.72 Å². The van der Waals surface area contributed by atoms with Crippen molar-refractivity contribution in [3.05, 3.63) is 22.9 Å². The van der Waals surface area contributed by atoms with Crippen LogP contribution in [0.15, 0.2) is 22.9 Å². The number of nitrogens with zero attached hydrogens (tertiary/aromatic N) is 1. The fraction of sp³-hybridized carbons (Fsp3) is 0.750. The molecule has 0 spiro atoms. The number of hydrogen-bond donors (Lipinski definition) is 1. The summed E-state index contributed by atoms with van der Waals surface area (Å²) in [4.78, 5) is 2.25. The Balaban J connectivity index is 2.26. The minimum atomic E-state index is -3.35. The molecule has 0 aromatic heterocycles. The largest absolute Gasteiger partial charge is 0.593 e. The SMILES string of the molecule is CCOC1=C(N[S+](=O)([O-])CC)CC(OCC)=C(N2CCOCC2)C1.